The largest absolute Gasteiger partial charge is 0.469 e. The van der Waals surface area contributed by atoms with E-state index >= 15 is 0 Å². The van der Waals surface area contributed by atoms with Gasteiger partial charge in [-0.3, -0.25) is 9.89 Å². The number of ether oxygens (including phenoxy) is 1. The fourth-order valence-electron chi connectivity index (χ4n) is 3.83. The summed E-state index contributed by atoms with van der Waals surface area (Å²) in [5, 5.41) is 14.9. The predicted molar refractivity (Wildman–Crippen MR) is 125 cm³/mol. The van der Waals surface area contributed by atoms with E-state index in [0.717, 1.165) is 10.0 Å². The molecule has 0 spiro atoms. The van der Waals surface area contributed by atoms with Crippen LogP contribution in [0.1, 0.15) is 18.7 Å². The summed E-state index contributed by atoms with van der Waals surface area (Å²) >= 11 is 3.51. The number of carbonyl (C=O) groups is 1. The number of hydrogen-bond donors (Lipinski definition) is 2. The Morgan fingerprint density at radius 1 is 1.21 bits per heavy atom. The number of methoxy groups -OCH3 is 1. The van der Waals surface area contributed by atoms with Crippen LogP contribution in [0.5, 0.6) is 0 Å². The smallest absolute Gasteiger partial charge is 0.308 e. The molecule has 12 heteroatoms. The SMILES string of the molecule is COC(=O)C1CCN(c2nc(NCc3nc(-c4ccccc4)n[nH]3)n3ncc(Br)c3n2)CC1. The number of fused-ring (bicyclic) bond motifs is 1. The highest BCUT2D eigenvalue weighted by atomic mass is 79.9. The summed E-state index contributed by atoms with van der Waals surface area (Å²) in [5.74, 6) is 2.18. The molecule has 4 aromatic rings. The van der Waals surface area contributed by atoms with Crippen LogP contribution in [0, 0.1) is 5.92 Å². The minimum Gasteiger partial charge on any atom is -0.469 e. The van der Waals surface area contributed by atoms with Gasteiger partial charge in [0.15, 0.2) is 11.5 Å². The Balaban J connectivity index is 1.35. The first-order valence-corrected chi connectivity index (χ1v) is 11.4. The lowest BCUT2D eigenvalue weighted by Crippen LogP contribution is -2.38. The summed E-state index contributed by atoms with van der Waals surface area (Å²) < 4.78 is 7.30. The summed E-state index contributed by atoms with van der Waals surface area (Å²) in [5.41, 5.74) is 1.60. The Morgan fingerprint density at radius 2 is 2.00 bits per heavy atom. The molecule has 0 bridgehead atoms. The molecule has 1 aromatic carbocycles. The maximum Gasteiger partial charge on any atom is 0.308 e. The highest BCUT2D eigenvalue weighted by Gasteiger charge is 2.27. The standard InChI is InChI=1S/C21H22BrN9O2/c1-33-19(32)14-7-9-30(10-8-14)21-26-18-15(22)11-24-31(18)20(27-21)23-12-16-25-17(29-28-16)13-5-3-2-4-6-13/h2-6,11,14H,7-10,12H2,1H3,(H,23,26,27)(H,25,28,29). The number of piperidine rings is 1. The Bertz CT molecular complexity index is 1270. The van der Waals surface area contributed by atoms with Crippen LogP contribution in [0.3, 0.4) is 0 Å². The summed E-state index contributed by atoms with van der Waals surface area (Å²) in [6, 6.07) is 9.78. The number of H-pyrrole nitrogens is 1. The molecule has 0 unspecified atom stereocenters. The number of rotatable bonds is 6. The van der Waals surface area contributed by atoms with Crippen molar-refractivity contribution in [1.29, 1.82) is 0 Å². The molecular weight excluding hydrogens is 490 g/mol. The van der Waals surface area contributed by atoms with E-state index in [0.29, 0.717) is 61.7 Å². The van der Waals surface area contributed by atoms with E-state index in [2.05, 4.69) is 51.4 Å². The highest BCUT2D eigenvalue weighted by Crippen LogP contribution is 2.26. The van der Waals surface area contributed by atoms with Crippen LogP contribution in [0.25, 0.3) is 17.0 Å². The van der Waals surface area contributed by atoms with Crippen LogP contribution in [-0.2, 0) is 16.1 Å². The van der Waals surface area contributed by atoms with E-state index in [1.54, 1.807) is 10.7 Å². The zero-order valence-electron chi connectivity index (χ0n) is 17.9. The number of anilines is 2. The van der Waals surface area contributed by atoms with Crippen LogP contribution in [-0.4, -0.2) is 60.9 Å². The zero-order valence-corrected chi connectivity index (χ0v) is 19.5. The number of esters is 1. The van der Waals surface area contributed by atoms with Gasteiger partial charge in [-0.05, 0) is 28.8 Å². The Labute approximate surface area is 197 Å². The van der Waals surface area contributed by atoms with Crippen molar-refractivity contribution in [1.82, 2.24) is 34.8 Å². The lowest BCUT2D eigenvalue weighted by Gasteiger charge is -2.30. The molecule has 3 aromatic heterocycles. The number of carbonyl (C=O) groups excluding carboxylic acids is 1. The van der Waals surface area contributed by atoms with Crippen LogP contribution in [0.2, 0.25) is 0 Å². The van der Waals surface area contributed by atoms with Crippen molar-refractivity contribution >= 4 is 39.4 Å². The first kappa shape index (κ1) is 21.3. The van der Waals surface area contributed by atoms with Gasteiger partial charge in [0.25, 0.3) is 0 Å². The third-order valence-electron chi connectivity index (χ3n) is 5.60. The molecule has 0 saturated carbocycles. The van der Waals surface area contributed by atoms with E-state index in [4.69, 9.17) is 9.72 Å². The maximum atomic E-state index is 11.8. The maximum absolute atomic E-state index is 11.8. The van der Waals surface area contributed by atoms with Crippen LogP contribution in [0.15, 0.2) is 41.0 Å². The van der Waals surface area contributed by atoms with Gasteiger partial charge in [0, 0.05) is 18.7 Å². The number of nitrogens with zero attached hydrogens (tertiary/aromatic N) is 7. The summed E-state index contributed by atoms with van der Waals surface area (Å²) in [4.78, 5) is 27.9. The molecule has 0 aliphatic carbocycles. The van der Waals surface area contributed by atoms with Gasteiger partial charge in [-0.2, -0.15) is 24.7 Å². The number of aromatic nitrogens is 7. The number of halogens is 1. The van der Waals surface area contributed by atoms with E-state index in [1.807, 2.05) is 30.3 Å². The average Bonchev–Trinajstić information content (AvgIpc) is 3.50. The lowest BCUT2D eigenvalue weighted by molar-refractivity contribution is -0.146. The number of hydrogen-bond acceptors (Lipinski definition) is 9. The molecule has 11 nitrogen and oxygen atoms in total. The summed E-state index contributed by atoms with van der Waals surface area (Å²) in [7, 11) is 1.43. The number of benzene rings is 1. The van der Waals surface area contributed by atoms with Crippen LogP contribution >= 0.6 is 15.9 Å². The second-order valence-corrected chi connectivity index (χ2v) is 8.54. The van der Waals surface area contributed by atoms with E-state index < -0.39 is 0 Å². The Morgan fingerprint density at radius 3 is 2.76 bits per heavy atom. The first-order valence-electron chi connectivity index (χ1n) is 10.6. The monoisotopic (exact) mass is 511 g/mol. The van der Waals surface area contributed by atoms with Crippen LogP contribution < -0.4 is 10.2 Å². The molecule has 1 aliphatic rings. The number of aromatic amines is 1. The molecule has 0 amide bonds. The Kier molecular flexibility index (Phi) is 5.90. The molecule has 170 valence electrons. The third kappa shape index (κ3) is 4.38. The molecule has 33 heavy (non-hydrogen) atoms. The summed E-state index contributed by atoms with van der Waals surface area (Å²) in [6.07, 6.45) is 3.08. The van der Waals surface area contributed by atoms with Gasteiger partial charge in [-0.25, -0.2) is 4.98 Å². The van der Waals surface area contributed by atoms with Crippen molar-refractivity contribution in [3.8, 4) is 11.4 Å². The first-order chi connectivity index (χ1) is 16.1. The topological polar surface area (TPSA) is 126 Å². The van der Waals surface area contributed by atoms with Crippen molar-refractivity contribution in [2.75, 3.05) is 30.4 Å². The zero-order chi connectivity index (χ0) is 22.8. The second kappa shape index (κ2) is 9.14. The van der Waals surface area contributed by atoms with Gasteiger partial charge in [-0.15, -0.1) is 0 Å². The predicted octanol–water partition coefficient (Wildman–Crippen LogP) is 2.67. The van der Waals surface area contributed by atoms with Gasteiger partial charge in [0.05, 0.1) is 30.2 Å². The van der Waals surface area contributed by atoms with E-state index in [-0.39, 0.29) is 11.9 Å². The van der Waals surface area contributed by atoms with E-state index in [9.17, 15) is 4.79 Å². The molecule has 5 rings (SSSR count). The highest BCUT2D eigenvalue weighted by molar-refractivity contribution is 9.10. The second-order valence-electron chi connectivity index (χ2n) is 7.68. The van der Waals surface area contributed by atoms with Crippen molar-refractivity contribution < 1.29 is 9.53 Å². The molecule has 1 aliphatic heterocycles. The fraction of sp³-hybridized carbons (Fsp3) is 0.333. The molecule has 2 N–H and O–H groups in total. The molecule has 0 radical (unpaired) electrons. The van der Waals surface area contributed by atoms with Gasteiger partial charge in [-0.1, -0.05) is 30.3 Å². The minimum atomic E-state index is -0.158. The third-order valence-corrected chi connectivity index (χ3v) is 6.16. The molecule has 1 fully saturated rings. The van der Waals surface area contributed by atoms with Crippen LogP contribution in [0.4, 0.5) is 11.9 Å². The molecule has 4 heterocycles. The average molecular weight is 512 g/mol. The minimum absolute atomic E-state index is 0.0838. The summed E-state index contributed by atoms with van der Waals surface area (Å²) in [6.45, 7) is 1.72. The van der Waals surface area contributed by atoms with Crippen molar-refractivity contribution in [2.24, 2.45) is 5.92 Å². The molecule has 1 saturated heterocycles. The lowest BCUT2D eigenvalue weighted by atomic mass is 9.97. The molecular formula is C21H22BrN9O2. The number of nitrogens with one attached hydrogen (secondary N) is 2. The van der Waals surface area contributed by atoms with Gasteiger partial charge >= 0.3 is 5.97 Å². The van der Waals surface area contributed by atoms with Crippen molar-refractivity contribution in [2.45, 2.75) is 19.4 Å². The Hall–Kier alpha value is -3.54. The van der Waals surface area contributed by atoms with E-state index in [1.165, 1.54) is 7.11 Å². The normalized spacial score (nSPS) is 14.5. The van der Waals surface area contributed by atoms with Gasteiger partial charge < -0.3 is 15.0 Å². The fourth-order valence-corrected chi connectivity index (χ4v) is 4.18. The quantitative estimate of drug-likeness (QED) is 0.375. The van der Waals surface area contributed by atoms with Crippen molar-refractivity contribution in [3.05, 3.63) is 46.8 Å². The molecule has 0 atom stereocenters. The van der Waals surface area contributed by atoms with Gasteiger partial charge in [0.2, 0.25) is 11.9 Å². The van der Waals surface area contributed by atoms with Crippen molar-refractivity contribution in [3.63, 3.8) is 0 Å². The van der Waals surface area contributed by atoms with Gasteiger partial charge in [0.1, 0.15) is 5.82 Å².